The molecule has 1 aromatic carbocycles. The smallest absolute Gasteiger partial charge is 0.255 e. The van der Waals surface area contributed by atoms with Gasteiger partial charge in [-0.15, -0.1) is 0 Å². The summed E-state index contributed by atoms with van der Waals surface area (Å²) in [4.78, 5) is 37.4. The number of ketones is 2. The summed E-state index contributed by atoms with van der Waals surface area (Å²) in [6.07, 6.45) is 0.407. The number of hydrogen-bond donors (Lipinski definition) is 6. The van der Waals surface area contributed by atoms with Gasteiger partial charge in [0.1, 0.15) is 22.8 Å². The summed E-state index contributed by atoms with van der Waals surface area (Å²) in [5.41, 5.74) is 3.14. The van der Waals surface area contributed by atoms with Crippen molar-refractivity contribution < 1.29 is 39.9 Å². The lowest BCUT2D eigenvalue weighted by molar-refractivity contribution is -0.147. The number of aryl methyl sites for hydroxylation is 1. The quantitative estimate of drug-likeness (QED) is 0.369. The number of carbonyl (C=O) groups excluding carboxylic acids is 3. The van der Waals surface area contributed by atoms with Crippen molar-refractivity contribution >= 4 is 23.2 Å². The van der Waals surface area contributed by atoms with Crippen LogP contribution in [-0.4, -0.2) is 54.7 Å². The number of phenols is 1. The van der Waals surface area contributed by atoms with Gasteiger partial charge in [-0.25, -0.2) is 0 Å². The summed E-state index contributed by atoms with van der Waals surface area (Å²) < 4.78 is 0. The molecule has 7 N–H and O–H groups in total. The van der Waals surface area contributed by atoms with Gasteiger partial charge in [-0.05, 0) is 55.7 Å². The lowest BCUT2D eigenvalue weighted by Gasteiger charge is -2.46. The van der Waals surface area contributed by atoms with Gasteiger partial charge in [0.25, 0.3) is 5.91 Å². The van der Waals surface area contributed by atoms with Crippen LogP contribution in [0, 0.1) is 11.8 Å². The third kappa shape index (κ3) is 3.03. The Balaban J connectivity index is 1.87. The van der Waals surface area contributed by atoms with E-state index in [0.29, 0.717) is 18.4 Å². The Labute approximate surface area is 183 Å². The van der Waals surface area contributed by atoms with Crippen molar-refractivity contribution in [3.63, 3.8) is 0 Å². The topological polar surface area (TPSA) is 178 Å². The lowest BCUT2D eigenvalue weighted by atomic mass is 9.59. The van der Waals surface area contributed by atoms with Crippen LogP contribution in [-0.2, 0) is 27.2 Å². The SMILES string of the molecule is CC(O)CCc1ccc(O)c2c1C[C@H]1C[C@H]3CC(=O)C(C(N)=O)=C(O)[C@@]3(O)C(=O)C1=C2O. The highest BCUT2D eigenvalue weighted by molar-refractivity contribution is 6.22. The summed E-state index contributed by atoms with van der Waals surface area (Å²) in [5.74, 6) is -6.41. The molecule has 0 heterocycles. The number of amides is 1. The van der Waals surface area contributed by atoms with Crippen LogP contribution in [0.25, 0.3) is 5.76 Å². The third-order valence-corrected chi connectivity index (χ3v) is 6.88. The molecule has 0 bridgehead atoms. The van der Waals surface area contributed by atoms with Crippen LogP contribution in [0.5, 0.6) is 5.75 Å². The van der Waals surface area contributed by atoms with Gasteiger partial charge >= 0.3 is 0 Å². The average Bonchev–Trinajstić information content (AvgIpc) is 2.69. The first-order chi connectivity index (χ1) is 15.0. The molecule has 4 rings (SSSR count). The van der Waals surface area contributed by atoms with Gasteiger partial charge in [-0.2, -0.15) is 0 Å². The lowest BCUT2D eigenvalue weighted by Crippen LogP contribution is -2.58. The molecule has 9 heteroatoms. The van der Waals surface area contributed by atoms with Crippen molar-refractivity contribution in [3.8, 4) is 5.75 Å². The molecule has 1 fully saturated rings. The first-order valence-corrected chi connectivity index (χ1v) is 10.5. The molecule has 4 atom stereocenters. The summed E-state index contributed by atoms with van der Waals surface area (Å²) in [7, 11) is 0. The van der Waals surface area contributed by atoms with Crippen LogP contribution in [0.3, 0.4) is 0 Å². The molecule has 0 radical (unpaired) electrons. The predicted octanol–water partition coefficient (Wildman–Crippen LogP) is 0.737. The van der Waals surface area contributed by atoms with Crippen LogP contribution in [0.2, 0.25) is 0 Å². The van der Waals surface area contributed by atoms with Gasteiger partial charge in [0.2, 0.25) is 5.78 Å². The Morgan fingerprint density at radius 3 is 2.53 bits per heavy atom. The first-order valence-electron chi connectivity index (χ1n) is 10.5. The molecule has 3 aliphatic rings. The van der Waals surface area contributed by atoms with E-state index in [4.69, 9.17) is 5.73 Å². The molecule has 32 heavy (non-hydrogen) atoms. The van der Waals surface area contributed by atoms with E-state index in [-0.39, 0.29) is 36.1 Å². The predicted molar refractivity (Wildman–Crippen MR) is 111 cm³/mol. The van der Waals surface area contributed by atoms with Crippen LogP contribution < -0.4 is 5.73 Å². The van der Waals surface area contributed by atoms with Crippen molar-refractivity contribution in [2.45, 2.75) is 50.7 Å². The maximum Gasteiger partial charge on any atom is 0.255 e. The van der Waals surface area contributed by atoms with Crippen molar-refractivity contribution in [1.29, 1.82) is 0 Å². The largest absolute Gasteiger partial charge is 0.508 e. The molecule has 3 aliphatic carbocycles. The second kappa shape index (κ2) is 7.46. The molecule has 0 aromatic heterocycles. The second-order valence-corrected chi connectivity index (χ2v) is 8.89. The summed E-state index contributed by atoms with van der Waals surface area (Å²) in [6, 6.07) is 3.09. The van der Waals surface area contributed by atoms with E-state index in [1.807, 2.05) is 0 Å². The number of Topliss-reactive ketones (excluding diaryl/α,β-unsaturated/α-hetero) is 2. The van der Waals surface area contributed by atoms with Crippen molar-refractivity contribution in [1.82, 2.24) is 0 Å². The highest BCUT2D eigenvalue weighted by atomic mass is 16.3. The zero-order chi connectivity index (χ0) is 23.5. The van der Waals surface area contributed by atoms with Crippen molar-refractivity contribution in [2.24, 2.45) is 17.6 Å². The fraction of sp³-hybridized carbons (Fsp3) is 0.435. The minimum atomic E-state index is -2.56. The number of benzene rings is 1. The van der Waals surface area contributed by atoms with Crippen LogP contribution in [0.15, 0.2) is 29.0 Å². The Morgan fingerprint density at radius 1 is 1.22 bits per heavy atom. The Kier molecular flexibility index (Phi) is 5.14. The van der Waals surface area contributed by atoms with Gasteiger partial charge in [0.15, 0.2) is 11.4 Å². The van der Waals surface area contributed by atoms with Gasteiger partial charge in [0.05, 0.1) is 11.7 Å². The van der Waals surface area contributed by atoms with Gasteiger partial charge in [-0.1, -0.05) is 6.07 Å². The monoisotopic (exact) mass is 443 g/mol. The maximum absolute atomic E-state index is 13.4. The maximum atomic E-state index is 13.4. The van der Waals surface area contributed by atoms with Crippen molar-refractivity contribution in [3.05, 3.63) is 45.7 Å². The van der Waals surface area contributed by atoms with Gasteiger partial charge < -0.3 is 31.3 Å². The number of aromatic hydroxyl groups is 1. The Bertz CT molecular complexity index is 1120. The molecule has 1 amide bonds. The molecule has 0 spiro atoms. The highest BCUT2D eigenvalue weighted by Crippen LogP contribution is 2.52. The van der Waals surface area contributed by atoms with Crippen molar-refractivity contribution in [2.75, 3.05) is 0 Å². The number of aliphatic hydroxyl groups is 4. The fourth-order valence-electron chi connectivity index (χ4n) is 5.28. The number of fused-ring (bicyclic) bond motifs is 3. The number of rotatable bonds is 4. The summed E-state index contributed by atoms with van der Waals surface area (Å²) >= 11 is 0. The van der Waals surface area contributed by atoms with E-state index in [1.54, 1.807) is 13.0 Å². The minimum Gasteiger partial charge on any atom is -0.508 e. The zero-order valence-electron chi connectivity index (χ0n) is 17.5. The fourth-order valence-corrected chi connectivity index (χ4v) is 5.28. The molecule has 0 aliphatic heterocycles. The number of aliphatic hydroxyl groups excluding tert-OH is 3. The molecule has 1 saturated carbocycles. The second-order valence-electron chi connectivity index (χ2n) is 8.89. The van der Waals surface area contributed by atoms with E-state index < -0.39 is 58.1 Å². The molecule has 1 unspecified atom stereocenters. The Morgan fingerprint density at radius 2 is 1.91 bits per heavy atom. The number of hydrogen-bond acceptors (Lipinski definition) is 8. The van der Waals surface area contributed by atoms with E-state index in [9.17, 15) is 39.9 Å². The molecule has 0 saturated heterocycles. The highest BCUT2D eigenvalue weighted by Gasteiger charge is 2.60. The normalized spacial score (nSPS) is 28.2. The minimum absolute atomic E-state index is 0.0697. The number of primary amides is 1. The standard InChI is InChI=1S/C23H25NO8/c1-9(25)2-3-10-4-5-14(26)17-13(10)7-11-6-12-8-15(27)18(22(24)31)21(30)23(12,32)20(29)16(11)19(17)28/h4-5,9,11-12,25-26,28,30,32H,2-3,6-8H2,1H3,(H2,24,31)/t9?,11-,12+,23+/m1/s1. The zero-order valence-corrected chi connectivity index (χ0v) is 17.5. The summed E-state index contributed by atoms with van der Waals surface area (Å²) in [6.45, 7) is 1.66. The van der Waals surface area contributed by atoms with Crippen LogP contribution in [0.1, 0.15) is 42.9 Å². The molecular formula is C23H25NO8. The first kappa shape index (κ1) is 22.0. The van der Waals surface area contributed by atoms with Crippen LogP contribution >= 0.6 is 0 Å². The van der Waals surface area contributed by atoms with E-state index in [0.717, 1.165) is 5.56 Å². The number of nitrogens with two attached hydrogens (primary N) is 1. The Hall–Kier alpha value is -3.17. The van der Waals surface area contributed by atoms with Gasteiger partial charge in [-0.3, -0.25) is 14.4 Å². The molecular weight excluding hydrogens is 418 g/mol. The molecule has 9 nitrogen and oxygen atoms in total. The van der Waals surface area contributed by atoms with E-state index in [1.165, 1.54) is 6.07 Å². The molecule has 170 valence electrons. The number of carbonyl (C=O) groups is 3. The summed E-state index contributed by atoms with van der Waals surface area (Å²) in [5, 5.41) is 52.8. The number of phenolic OH excluding ortho intramolecular Hbond substituents is 1. The van der Waals surface area contributed by atoms with E-state index >= 15 is 0 Å². The van der Waals surface area contributed by atoms with Crippen LogP contribution in [0.4, 0.5) is 0 Å². The molecule has 1 aromatic rings. The van der Waals surface area contributed by atoms with E-state index in [2.05, 4.69) is 0 Å². The average molecular weight is 443 g/mol. The third-order valence-electron chi connectivity index (χ3n) is 6.88. The van der Waals surface area contributed by atoms with Gasteiger partial charge in [0, 0.05) is 17.9 Å².